The van der Waals surface area contributed by atoms with Crippen molar-refractivity contribution in [2.45, 2.75) is 70.7 Å². The molecule has 0 spiro atoms. The molecule has 208 valence electrons. The van der Waals surface area contributed by atoms with Gasteiger partial charge in [-0.2, -0.15) is 0 Å². The highest BCUT2D eigenvalue weighted by Gasteiger charge is 2.59. The molecule has 4 atom stereocenters. The Morgan fingerprint density at radius 2 is 1.82 bits per heavy atom. The highest BCUT2D eigenvalue weighted by molar-refractivity contribution is 6.06. The Hall–Kier alpha value is -3.82. The quantitative estimate of drug-likeness (QED) is 0.170. The Labute approximate surface area is 228 Å². The van der Waals surface area contributed by atoms with E-state index in [1.165, 1.54) is 42.5 Å². The highest BCUT2D eigenvalue weighted by Crippen LogP contribution is 2.40. The zero-order valence-corrected chi connectivity index (χ0v) is 22.5. The third-order valence-electron chi connectivity index (χ3n) is 6.51. The van der Waals surface area contributed by atoms with E-state index in [9.17, 15) is 29.4 Å². The molecule has 0 aromatic carbocycles. The molecule has 1 saturated heterocycles. The van der Waals surface area contributed by atoms with E-state index in [4.69, 9.17) is 4.74 Å². The minimum absolute atomic E-state index is 0.0342. The fourth-order valence-corrected chi connectivity index (χ4v) is 4.37. The summed E-state index contributed by atoms with van der Waals surface area (Å²) in [5, 5.41) is 25.5. The average Bonchev–Trinajstić information content (AvgIpc) is 3.65. The molecule has 9 heteroatoms. The van der Waals surface area contributed by atoms with E-state index in [1.807, 2.05) is 6.92 Å². The lowest BCUT2D eigenvalue weighted by atomic mass is 9.88. The zero-order chi connectivity index (χ0) is 28.6. The summed E-state index contributed by atoms with van der Waals surface area (Å²) in [5.74, 6) is -1.48. The van der Waals surface area contributed by atoms with Crippen LogP contribution in [0.1, 0.15) is 52.9 Å². The first kappa shape index (κ1) is 29.7. The molecule has 0 saturated carbocycles. The number of Topliss-reactive ketones (excluding diaryl/α,β-unsaturated/α-hetero) is 2. The van der Waals surface area contributed by atoms with E-state index in [2.05, 4.69) is 30.6 Å². The van der Waals surface area contributed by atoms with Gasteiger partial charge in [0.2, 0.25) is 17.6 Å². The number of epoxide rings is 1. The molecule has 3 aliphatic rings. The van der Waals surface area contributed by atoms with Gasteiger partial charge in [-0.15, -0.1) is 0 Å². The predicted molar refractivity (Wildman–Crippen MR) is 146 cm³/mol. The Morgan fingerprint density at radius 1 is 1.10 bits per heavy atom. The van der Waals surface area contributed by atoms with Crippen molar-refractivity contribution < 1.29 is 34.1 Å². The zero-order valence-electron chi connectivity index (χ0n) is 22.5. The van der Waals surface area contributed by atoms with Crippen LogP contribution in [0.2, 0.25) is 0 Å². The van der Waals surface area contributed by atoms with Gasteiger partial charge in [-0.05, 0) is 31.4 Å². The molecule has 3 rings (SSSR count). The molecule has 1 heterocycles. The lowest BCUT2D eigenvalue weighted by molar-refractivity contribution is -0.121. The molecular weight excluding hydrogens is 500 g/mol. The minimum atomic E-state index is -1.60. The van der Waals surface area contributed by atoms with Crippen molar-refractivity contribution in [2.24, 2.45) is 5.92 Å². The van der Waals surface area contributed by atoms with Crippen LogP contribution >= 0.6 is 0 Å². The highest BCUT2D eigenvalue weighted by atomic mass is 16.6. The number of amides is 2. The first-order valence-electron chi connectivity index (χ1n) is 13.1. The van der Waals surface area contributed by atoms with Crippen LogP contribution in [-0.2, 0) is 23.9 Å². The fraction of sp³-hybridized carbons (Fsp3) is 0.400. The Kier molecular flexibility index (Phi) is 10.1. The maximum Gasteiger partial charge on any atom is 0.248 e. The topological polar surface area (TPSA) is 145 Å². The second-order valence-corrected chi connectivity index (χ2v) is 9.98. The number of carbonyl (C=O) groups excluding carboxylic acids is 4. The average molecular weight is 537 g/mol. The molecule has 0 radical (unpaired) electrons. The normalized spacial score (nSPS) is 26.2. The molecule has 9 nitrogen and oxygen atoms in total. The maximum absolute atomic E-state index is 12.5. The van der Waals surface area contributed by atoms with Crippen molar-refractivity contribution in [3.05, 3.63) is 83.5 Å². The number of rotatable bonds is 12. The van der Waals surface area contributed by atoms with E-state index in [0.717, 1.165) is 24.8 Å². The van der Waals surface area contributed by atoms with Gasteiger partial charge in [-0.25, -0.2) is 0 Å². The van der Waals surface area contributed by atoms with Crippen LogP contribution < -0.4 is 10.6 Å². The molecule has 2 aliphatic carbocycles. The fourth-order valence-electron chi connectivity index (χ4n) is 4.37. The van der Waals surface area contributed by atoms with Crippen LogP contribution in [0.3, 0.4) is 0 Å². The minimum Gasteiger partial charge on any atom is -0.510 e. The first-order valence-corrected chi connectivity index (χ1v) is 13.1. The lowest BCUT2D eigenvalue weighted by Gasteiger charge is -2.23. The van der Waals surface area contributed by atoms with Crippen LogP contribution in [0, 0.1) is 5.92 Å². The molecule has 0 bridgehead atoms. The van der Waals surface area contributed by atoms with Gasteiger partial charge >= 0.3 is 0 Å². The number of aliphatic hydroxyl groups is 2. The second kappa shape index (κ2) is 13.3. The number of carbonyl (C=O) groups is 4. The summed E-state index contributed by atoms with van der Waals surface area (Å²) in [6.45, 7) is 6.19. The van der Waals surface area contributed by atoms with E-state index in [1.54, 1.807) is 12.2 Å². The number of fused-ring (bicyclic) bond motifs is 1. The largest absolute Gasteiger partial charge is 0.510 e. The summed E-state index contributed by atoms with van der Waals surface area (Å²) in [6.07, 6.45) is 17.2. The number of hydrogen-bond donors (Lipinski definition) is 4. The van der Waals surface area contributed by atoms with Crippen LogP contribution in [0.4, 0.5) is 0 Å². The first-order chi connectivity index (χ1) is 18.5. The van der Waals surface area contributed by atoms with Crippen molar-refractivity contribution in [1.82, 2.24) is 10.6 Å². The maximum atomic E-state index is 12.5. The smallest absolute Gasteiger partial charge is 0.248 e. The summed E-state index contributed by atoms with van der Waals surface area (Å²) in [6, 6.07) is 0. The number of ketones is 2. The summed E-state index contributed by atoms with van der Waals surface area (Å²) in [4.78, 5) is 48.5. The second-order valence-electron chi connectivity index (χ2n) is 9.98. The Bertz CT molecular complexity index is 1220. The molecule has 0 aromatic heterocycles. The predicted octanol–water partition coefficient (Wildman–Crippen LogP) is 3.31. The molecule has 0 aromatic rings. The third kappa shape index (κ3) is 8.33. The van der Waals surface area contributed by atoms with E-state index >= 15 is 0 Å². The molecule has 4 unspecified atom stereocenters. The van der Waals surface area contributed by atoms with Crippen LogP contribution in [0.15, 0.2) is 83.5 Å². The molecule has 4 N–H and O–H groups in total. The summed E-state index contributed by atoms with van der Waals surface area (Å²) in [7, 11) is 0. The third-order valence-corrected chi connectivity index (χ3v) is 6.51. The SMILES string of the molecule is CCCCC(C)/C=C(C)/C=C/C(=O)NC1=CC(O)(/C=C/C=C/C=C/C(=O)NC2=C(O)CCC2=O)C2OC2C1=O. The number of unbranched alkanes of at least 4 members (excludes halogenated alkanes) is 1. The number of hydrogen-bond acceptors (Lipinski definition) is 7. The van der Waals surface area contributed by atoms with Crippen molar-refractivity contribution in [2.75, 3.05) is 0 Å². The molecular formula is C30H36N2O7. The Balaban J connectivity index is 1.56. The van der Waals surface area contributed by atoms with Gasteiger partial charge in [0.05, 0.1) is 5.70 Å². The van der Waals surface area contributed by atoms with Gasteiger partial charge in [-0.3, -0.25) is 19.2 Å². The van der Waals surface area contributed by atoms with Crippen molar-refractivity contribution >= 4 is 23.4 Å². The van der Waals surface area contributed by atoms with Crippen molar-refractivity contribution in [1.29, 1.82) is 0 Å². The van der Waals surface area contributed by atoms with Gasteiger partial charge < -0.3 is 25.6 Å². The number of nitrogens with one attached hydrogen (secondary N) is 2. The molecule has 2 amide bonds. The monoisotopic (exact) mass is 536 g/mol. The summed E-state index contributed by atoms with van der Waals surface area (Å²) >= 11 is 0. The standard InChI is InChI=1S/C30H36N2O7/c1-4-5-10-19(2)17-20(3)12-15-25(36)31-21-18-30(38,29-28(39-29)27(21)37)16-9-7-6-8-11-24(35)32-26-22(33)13-14-23(26)34/h6-9,11-12,15-19,28-29,33,38H,4-5,10,13-14H2,1-3H3,(H,31,36)(H,32,35)/b7-6+,11-8+,15-12+,16-9+,20-17+. The lowest BCUT2D eigenvalue weighted by Crippen LogP contribution is -2.42. The molecule has 39 heavy (non-hydrogen) atoms. The van der Waals surface area contributed by atoms with Crippen molar-refractivity contribution in [3.63, 3.8) is 0 Å². The van der Waals surface area contributed by atoms with Gasteiger partial charge in [0.15, 0.2) is 11.9 Å². The van der Waals surface area contributed by atoms with E-state index in [0.29, 0.717) is 5.92 Å². The van der Waals surface area contributed by atoms with Crippen LogP contribution in [0.5, 0.6) is 0 Å². The molecule has 1 fully saturated rings. The van der Waals surface area contributed by atoms with Gasteiger partial charge in [0.25, 0.3) is 0 Å². The van der Waals surface area contributed by atoms with Crippen LogP contribution in [-0.4, -0.2) is 51.4 Å². The van der Waals surface area contributed by atoms with Gasteiger partial charge in [0.1, 0.15) is 23.2 Å². The van der Waals surface area contributed by atoms with E-state index < -0.39 is 35.4 Å². The number of allylic oxidation sites excluding steroid dienone is 9. The number of aliphatic hydroxyl groups excluding tert-OH is 1. The molecule has 1 aliphatic heterocycles. The summed E-state index contributed by atoms with van der Waals surface area (Å²) in [5.41, 5.74) is -0.764. The Morgan fingerprint density at radius 3 is 2.51 bits per heavy atom. The van der Waals surface area contributed by atoms with Crippen molar-refractivity contribution in [3.8, 4) is 0 Å². The van der Waals surface area contributed by atoms with Gasteiger partial charge in [0, 0.05) is 25.0 Å². The summed E-state index contributed by atoms with van der Waals surface area (Å²) < 4.78 is 5.36. The number of ether oxygens (including phenoxy) is 1. The van der Waals surface area contributed by atoms with Gasteiger partial charge in [-0.1, -0.05) is 68.7 Å². The van der Waals surface area contributed by atoms with E-state index in [-0.39, 0.29) is 35.8 Å². The van der Waals surface area contributed by atoms with Crippen LogP contribution in [0.25, 0.3) is 0 Å².